The maximum atomic E-state index is 11.0. The molecule has 4 fully saturated rings. The van der Waals surface area contributed by atoms with Gasteiger partial charge in [0.05, 0.1) is 11.7 Å². The SMILES string of the molecule is CC[C@]1(O)CC[C@@]2(C)C(=CC[C@@H]3C2CC[C@]2(C)[C@@H]([C@H](C)[C@@H](O)CCC4CC4)CC[C@@H]32)C1. The van der Waals surface area contributed by atoms with Crippen molar-refractivity contribution in [1.82, 2.24) is 0 Å². The molecule has 0 bridgehead atoms. The van der Waals surface area contributed by atoms with Gasteiger partial charge in [0.15, 0.2) is 0 Å². The summed E-state index contributed by atoms with van der Waals surface area (Å²) < 4.78 is 0. The lowest BCUT2D eigenvalue weighted by molar-refractivity contribution is -0.0817. The van der Waals surface area contributed by atoms with E-state index in [2.05, 4.69) is 33.8 Å². The van der Waals surface area contributed by atoms with Crippen molar-refractivity contribution in [3.63, 3.8) is 0 Å². The van der Waals surface area contributed by atoms with Crippen molar-refractivity contribution in [2.75, 3.05) is 0 Å². The summed E-state index contributed by atoms with van der Waals surface area (Å²) in [7, 11) is 0. The highest BCUT2D eigenvalue weighted by molar-refractivity contribution is 5.27. The number of hydrogen-bond donors (Lipinski definition) is 2. The summed E-state index contributed by atoms with van der Waals surface area (Å²) in [4.78, 5) is 0. The van der Waals surface area contributed by atoms with Crippen LogP contribution in [0.25, 0.3) is 0 Å². The van der Waals surface area contributed by atoms with Crippen LogP contribution < -0.4 is 0 Å². The van der Waals surface area contributed by atoms with E-state index in [1.165, 1.54) is 57.8 Å². The first kappa shape index (κ1) is 22.5. The van der Waals surface area contributed by atoms with Crippen LogP contribution in [-0.2, 0) is 0 Å². The Balaban J connectivity index is 1.32. The third-order valence-corrected chi connectivity index (χ3v) is 11.8. The van der Waals surface area contributed by atoms with Gasteiger partial charge in [-0.3, -0.25) is 0 Å². The largest absolute Gasteiger partial charge is 0.393 e. The molecule has 5 rings (SSSR count). The second-order valence-electron chi connectivity index (χ2n) is 13.2. The molecule has 176 valence electrons. The number of hydrogen-bond acceptors (Lipinski definition) is 2. The standard InChI is InChI=1S/C29H48O2/c1-5-29(31)17-16-27(3)21(18-29)9-10-22-24-12-11-23(28(24,4)15-14-25(22)27)19(2)26(30)13-8-20-6-7-20/h9,19-20,22-26,30-31H,5-8,10-18H2,1-4H3/t19-,22-,23+,24-,25?,26-,27-,28+,29-/m0/s1. The van der Waals surface area contributed by atoms with Gasteiger partial charge in [-0.15, -0.1) is 0 Å². The first-order valence-corrected chi connectivity index (χ1v) is 13.8. The maximum absolute atomic E-state index is 11.0. The van der Waals surface area contributed by atoms with Crippen molar-refractivity contribution in [1.29, 1.82) is 0 Å². The van der Waals surface area contributed by atoms with Gasteiger partial charge >= 0.3 is 0 Å². The van der Waals surface area contributed by atoms with E-state index in [9.17, 15) is 10.2 Å². The molecular formula is C29H48O2. The Labute approximate surface area is 191 Å². The molecule has 2 nitrogen and oxygen atoms in total. The Morgan fingerprint density at radius 2 is 1.81 bits per heavy atom. The van der Waals surface area contributed by atoms with Gasteiger partial charge in [0, 0.05) is 0 Å². The summed E-state index contributed by atoms with van der Waals surface area (Å²) >= 11 is 0. The second kappa shape index (κ2) is 7.86. The van der Waals surface area contributed by atoms with Crippen molar-refractivity contribution >= 4 is 0 Å². The Kier molecular flexibility index (Phi) is 5.70. The summed E-state index contributed by atoms with van der Waals surface area (Å²) in [5.74, 6) is 4.53. The van der Waals surface area contributed by atoms with Crippen LogP contribution in [0.4, 0.5) is 0 Å². The molecule has 1 unspecified atom stereocenters. The van der Waals surface area contributed by atoms with Gasteiger partial charge in [-0.1, -0.05) is 52.2 Å². The highest BCUT2D eigenvalue weighted by Crippen LogP contribution is 2.67. The Morgan fingerprint density at radius 1 is 1.03 bits per heavy atom. The fourth-order valence-corrected chi connectivity index (χ4v) is 9.26. The number of rotatable bonds is 6. The van der Waals surface area contributed by atoms with Crippen LogP contribution in [0.1, 0.15) is 111 Å². The fraction of sp³-hybridized carbons (Fsp3) is 0.931. The van der Waals surface area contributed by atoms with Crippen LogP contribution >= 0.6 is 0 Å². The molecule has 0 aromatic rings. The van der Waals surface area contributed by atoms with E-state index in [4.69, 9.17) is 0 Å². The topological polar surface area (TPSA) is 40.5 Å². The average molecular weight is 429 g/mol. The zero-order valence-corrected chi connectivity index (χ0v) is 20.7. The third kappa shape index (κ3) is 3.67. The quantitative estimate of drug-likeness (QED) is 0.452. The van der Waals surface area contributed by atoms with E-state index in [1.54, 1.807) is 5.57 Å². The summed E-state index contributed by atoms with van der Waals surface area (Å²) in [6, 6.07) is 0. The minimum atomic E-state index is -0.453. The summed E-state index contributed by atoms with van der Waals surface area (Å²) in [5.41, 5.74) is 1.87. The van der Waals surface area contributed by atoms with Crippen LogP contribution in [0.2, 0.25) is 0 Å². The van der Waals surface area contributed by atoms with Crippen molar-refractivity contribution in [3.05, 3.63) is 11.6 Å². The Bertz CT molecular complexity index is 710. The van der Waals surface area contributed by atoms with Crippen LogP contribution in [0.3, 0.4) is 0 Å². The Hall–Kier alpha value is -0.340. The van der Waals surface area contributed by atoms with Crippen LogP contribution in [0, 0.1) is 46.3 Å². The van der Waals surface area contributed by atoms with Gasteiger partial charge in [-0.2, -0.15) is 0 Å². The fourth-order valence-electron chi connectivity index (χ4n) is 9.26. The highest BCUT2D eigenvalue weighted by Gasteiger charge is 2.60. The van der Waals surface area contributed by atoms with Crippen molar-refractivity contribution in [3.8, 4) is 0 Å². The smallest absolute Gasteiger partial charge is 0.0682 e. The molecule has 0 aliphatic heterocycles. The minimum Gasteiger partial charge on any atom is -0.393 e. The molecular weight excluding hydrogens is 380 g/mol. The Morgan fingerprint density at radius 3 is 2.52 bits per heavy atom. The van der Waals surface area contributed by atoms with E-state index < -0.39 is 5.60 Å². The van der Waals surface area contributed by atoms with Crippen LogP contribution in [0.15, 0.2) is 11.6 Å². The zero-order chi connectivity index (χ0) is 22.0. The molecule has 0 aromatic carbocycles. The second-order valence-corrected chi connectivity index (χ2v) is 13.2. The van der Waals surface area contributed by atoms with Gasteiger partial charge in [0.25, 0.3) is 0 Å². The molecule has 5 aliphatic rings. The monoisotopic (exact) mass is 428 g/mol. The molecule has 2 heteroatoms. The number of aliphatic hydroxyl groups is 2. The van der Waals surface area contributed by atoms with Crippen LogP contribution in [-0.4, -0.2) is 21.9 Å². The molecule has 0 heterocycles. The molecule has 0 aromatic heterocycles. The van der Waals surface area contributed by atoms with E-state index in [0.717, 1.165) is 49.4 Å². The van der Waals surface area contributed by atoms with E-state index in [0.29, 0.717) is 22.7 Å². The highest BCUT2D eigenvalue weighted by atomic mass is 16.3. The molecule has 9 atom stereocenters. The van der Waals surface area contributed by atoms with Gasteiger partial charge in [-0.25, -0.2) is 0 Å². The molecule has 0 radical (unpaired) electrons. The molecule has 5 aliphatic carbocycles. The first-order chi connectivity index (χ1) is 14.7. The van der Waals surface area contributed by atoms with Gasteiger partial charge in [-0.05, 0) is 117 Å². The van der Waals surface area contributed by atoms with Crippen LogP contribution in [0.5, 0.6) is 0 Å². The summed E-state index contributed by atoms with van der Waals surface area (Å²) in [6.07, 6.45) is 18.2. The van der Waals surface area contributed by atoms with Gasteiger partial charge < -0.3 is 10.2 Å². The average Bonchev–Trinajstić information content (AvgIpc) is 3.52. The van der Waals surface area contributed by atoms with Gasteiger partial charge in [0.2, 0.25) is 0 Å². The van der Waals surface area contributed by atoms with Crippen molar-refractivity contribution in [2.24, 2.45) is 46.3 Å². The molecule has 2 N–H and O–H groups in total. The minimum absolute atomic E-state index is 0.0978. The predicted molar refractivity (Wildman–Crippen MR) is 128 cm³/mol. The lowest BCUT2D eigenvalue weighted by atomic mass is 9.46. The predicted octanol–water partition coefficient (Wildman–Crippen LogP) is 6.89. The first-order valence-electron chi connectivity index (χ1n) is 13.8. The molecule has 0 saturated heterocycles. The summed E-state index contributed by atoms with van der Waals surface area (Å²) in [5, 5.41) is 22.0. The molecule has 0 amide bonds. The van der Waals surface area contributed by atoms with E-state index in [-0.39, 0.29) is 6.10 Å². The number of allylic oxidation sites excluding steroid dienone is 1. The van der Waals surface area contributed by atoms with E-state index in [1.807, 2.05) is 0 Å². The normalized spacial score (nSPS) is 48.9. The lowest BCUT2D eigenvalue weighted by Gasteiger charge is -2.59. The lowest BCUT2D eigenvalue weighted by Crippen LogP contribution is -2.52. The zero-order valence-electron chi connectivity index (χ0n) is 20.7. The van der Waals surface area contributed by atoms with Crippen molar-refractivity contribution in [2.45, 2.75) is 123 Å². The van der Waals surface area contributed by atoms with Crippen molar-refractivity contribution < 1.29 is 10.2 Å². The van der Waals surface area contributed by atoms with Gasteiger partial charge in [0.1, 0.15) is 0 Å². The number of fused-ring (bicyclic) bond motifs is 5. The number of aliphatic hydroxyl groups excluding tert-OH is 1. The summed E-state index contributed by atoms with van der Waals surface area (Å²) in [6.45, 7) is 9.67. The molecule has 0 spiro atoms. The third-order valence-electron chi connectivity index (χ3n) is 11.8. The van der Waals surface area contributed by atoms with E-state index >= 15 is 0 Å². The maximum Gasteiger partial charge on any atom is 0.0682 e. The molecule has 31 heavy (non-hydrogen) atoms. The molecule has 4 saturated carbocycles.